The van der Waals surface area contributed by atoms with Gasteiger partial charge in [0.25, 0.3) is 5.91 Å². The summed E-state index contributed by atoms with van der Waals surface area (Å²) in [5, 5.41) is 21.2. The van der Waals surface area contributed by atoms with Crippen LogP contribution in [0.25, 0.3) is 22.3 Å². The monoisotopic (exact) mass is 441 g/mol. The lowest BCUT2D eigenvalue weighted by Crippen LogP contribution is -2.28. The van der Waals surface area contributed by atoms with E-state index in [9.17, 15) is 14.7 Å². The van der Waals surface area contributed by atoms with Crippen molar-refractivity contribution in [3.8, 4) is 22.3 Å². The minimum absolute atomic E-state index is 0.134. The molecule has 3 aromatic carbocycles. The number of rotatable bonds is 8. The Morgan fingerprint density at radius 3 is 2.33 bits per heavy atom. The zero-order valence-electron chi connectivity index (χ0n) is 17.8. The molecule has 7 heteroatoms. The Labute approximate surface area is 191 Å². The first-order valence-electron chi connectivity index (χ1n) is 10.5. The van der Waals surface area contributed by atoms with Crippen LogP contribution in [-0.2, 0) is 6.54 Å². The molecule has 166 valence electrons. The van der Waals surface area contributed by atoms with Gasteiger partial charge in [0.1, 0.15) is 5.69 Å². The molecule has 0 saturated carbocycles. The number of nitrogens with zero attached hydrogens (tertiary/aromatic N) is 2. The summed E-state index contributed by atoms with van der Waals surface area (Å²) >= 11 is 0. The number of amides is 1. The van der Waals surface area contributed by atoms with Crippen molar-refractivity contribution in [3.63, 3.8) is 0 Å². The molecule has 0 aliphatic carbocycles. The van der Waals surface area contributed by atoms with Crippen LogP contribution in [0.5, 0.6) is 0 Å². The van der Waals surface area contributed by atoms with Gasteiger partial charge in [0.15, 0.2) is 0 Å². The second kappa shape index (κ2) is 9.93. The molecule has 0 atom stereocenters. The van der Waals surface area contributed by atoms with Gasteiger partial charge in [0.2, 0.25) is 0 Å². The third kappa shape index (κ3) is 4.99. The fourth-order valence-corrected chi connectivity index (χ4v) is 3.66. The van der Waals surface area contributed by atoms with Gasteiger partial charge >= 0.3 is 5.97 Å². The van der Waals surface area contributed by atoms with Gasteiger partial charge in [-0.1, -0.05) is 60.7 Å². The number of hydrogen-bond acceptors (Lipinski definition) is 4. The molecule has 4 rings (SSSR count). The summed E-state index contributed by atoms with van der Waals surface area (Å²) in [6.07, 6.45) is 3.06. The lowest BCUT2D eigenvalue weighted by Gasteiger charge is -2.12. The summed E-state index contributed by atoms with van der Waals surface area (Å²) < 4.78 is 1.72. The van der Waals surface area contributed by atoms with E-state index >= 15 is 0 Å². The molecule has 33 heavy (non-hydrogen) atoms. The van der Waals surface area contributed by atoms with Crippen LogP contribution < -0.4 is 5.32 Å². The van der Waals surface area contributed by atoms with E-state index in [-0.39, 0.29) is 24.6 Å². The Morgan fingerprint density at radius 2 is 1.64 bits per heavy atom. The highest BCUT2D eigenvalue weighted by Gasteiger charge is 2.14. The van der Waals surface area contributed by atoms with Gasteiger partial charge in [-0.15, -0.1) is 0 Å². The number of aromatic nitrogens is 2. The highest BCUT2D eigenvalue weighted by Crippen LogP contribution is 2.30. The van der Waals surface area contributed by atoms with Gasteiger partial charge in [0.05, 0.1) is 24.7 Å². The topological polar surface area (TPSA) is 104 Å². The molecule has 0 aliphatic heterocycles. The van der Waals surface area contributed by atoms with Crippen LogP contribution in [0, 0.1) is 0 Å². The predicted octanol–water partition coefficient (Wildman–Crippen LogP) is 3.69. The number of imidazole rings is 1. The van der Waals surface area contributed by atoms with E-state index in [0.29, 0.717) is 17.8 Å². The molecule has 0 spiro atoms. The smallest absolute Gasteiger partial charge is 0.336 e. The van der Waals surface area contributed by atoms with Gasteiger partial charge in [0, 0.05) is 13.1 Å². The molecule has 0 saturated heterocycles. The van der Waals surface area contributed by atoms with Crippen molar-refractivity contribution in [1.82, 2.24) is 14.9 Å². The van der Waals surface area contributed by atoms with Crippen LogP contribution >= 0.6 is 0 Å². The average Bonchev–Trinajstić information content (AvgIpc) is 3.31. The summed E-state index contributed by atoms with van der Waals surface area (Å²) in [7, 11) is 0. The fourth-order valence-electron chi connectivity index (χ4n) is 3.66. The first kappa shape index (κ1) is 22.0. The summed E-state index contributed by atoms with van der Waals surface area (Å²) in [5.74, 6) is -1.28. The van der Waals surface area contributed by atoms with E-state index < -0.39 is 5.97 Å². The Kier molecular flexibility index (Phi) is 6.61. The first-order chi connectivity index (χ1) is 16.1. The van der Waals surface area contributed by atoms with Gasteiger partial charge in [-0.25, -0.2) is 9.78 Å². The number of benzene rings is 3. The lowest BCUT2D eigenvalue weighted by molar-refractivity contribution is 0.0697. The maximum absolute atomic E-state index is 12.2. The molecule has 1 amide bonds. The molecular weight excluding hydrogens is 418 g/mol. The van der Waals surface area contributed by atoms with Crippen molar-refractivity contribution in [2.24, 2.45) is 0 Å². The number of carbonyl (C=O) groups is 2. The lowest BCUT2D eigenvalue weighted by atomic mass is 9.94. The largest absolute Gasteiger partial charge is 0.478 e. The summed E-state index contributed by atoms with van der Waals surface area (Å²) in [5.41, 5.74) is 4.96. The SMILES string of the molecule is O=C(O)c1ccc(-c2ccccc2)cc1-c1ccc(Cn2cncc2C(=O)NCCO)cc1. The Morgan fingerprint density at radius 1 is 0.909 bits per heavy atom. The average molecular weight is 441 g/mol. The van der Waals surface area contributed by atoms with Crippen LogP contribution in [-0.4, -0.2) is 44.8 Å². The highest BCUT2D eigenvalue weighted by molar-refractivity contribution is 5.97. The third-order valence-corrected chi connectivity index (χ3v) is 5.32. The molecular formula is C26H23N3O4. The number of aromatic carboxylic acids is 1. The van der Waals surface area contributed by atoms with Crippen LogP contribution in [0.15, 0.2) is 85.3 Å². The maximum atomic E-state index is 12.2. The molecule has 0 aliphatic rings. The van der Waals surface area contributed by atoms with Crippen molar-refractivity contribution in [3.05, 3.63) is 102 Å². The highest BCUT2D eigenvalue weighted by atomic mass is 16.4. The Hall–Kier alpha value is -4.23. The molecule has 0 unspecified atom stereocenters. The fraction of sp³-hybridized carbons (Fsp3) is 0.115. The predicted molar refractivity (Wildman–Crippen MR) is 125 cm³/mol. The minimum Gasteiger partial charge on any atom is -0.478 e. The maximum Gasteiger partial charge on any atom is 0.336 e. The van der Waals surface area contributed by atoms with Crippen molar-refractivity contribution in [1.29, 1.82) is 0 Å². The Balaban J connectivity index is 1.61. The normalized spacial score (nSPS) is 10.7. The van der Waals surface area contributed by atoms with E-state index in [0.717, 1.165) is 22.3 Å². The second-order valence-corrected chi connectivity index (χ2v) is 7.51. The van der Waals surface area contributed by atoms with Crippen LogP contribution in [0.2, 0.25) is 0 Å². The number of aliphatic hydroxyl groups excluding tert-OH is 1. The molecule has 0 fully saturated rings. The van der Waals surface area contributed by atoms with Crippen LogP contribution in [0.4, 0.5) is 0 Å². The van der Waals surface area contributed by atoms with Crippen molar-refractivity contribution >= 4 is 11.9 Å². The number of carbonyl (C=O) groups excluding carboxylic acids is 1. The quantitative estimate of drug-likeness (QED) is 0.387. The van der Waals surface area contributed by atoms with E-state index in [4.69, 9.17) is 5.11 Å². The molecule has 1 heterocycles. The molecule has 0 radical (unpaired) electrons. The zero-order valence-corrected chi connectivity index (χ0v) is 17.8. The number of carboxylic acids is 1. The summed E-state index contributed by atoms with van der Waals surface area (Å²) in [6, 6.07) is 22.7. The zero-order chi connectivity index (χ0) is 23.2. The number of carboxylic acid groups (broad SMARTS) is 1. The van der Waals surface area contributed by atoms with Gasteiger partial charge in [-0.2, -0.15) is 0 Å². The van der Waals surface area contributed by atoms with Gasteiger partial charge < -0.3 is 20.1 Å². The molecule has 4 aromatic rings. The van der Waals surface area contributed by atoms with E-state index in [1.54, 1.807) is 17.0 Å². The Bertz CT molecular complexity index is 1260. The molecule has 0 bridgehead atoms. The van der Waals surface area contributed by atoms with E-state index in [1.807, 2.05) is 66.7 Å². The second-order valence-electron chi connectivity index (χ2n) is 7.51. The molecule has 1 aromatic heterocycles. The molecule has 3 N–H and O–H groups in total. The standard InChI is InChI=1S/C26H23N3O4/c30-13-12-28-25(31)24-15-27-17-29(24)16-18-6-8-20(9-7-18)23-14-21(10-11-22(23)26(32)33)19-4-2-1-3-5-19/h1-11,14-15,17,30H,12-13,16H2,(H,28,31)(H,32,33). The minimum atomic E-state index is -0.981. The number of nitrogens with one attached hydrogen (secondary N) is 1. The third-order valence-electron chi connectivity index (χ3n) is 5.32. The summed E-state index contributed by atoms with van der Waals surface area (Å²) in [4.78, 5) is 28.1. The number of aliphatic hydroxyl groups is 1. The first-order valence-corrected chi connectivity index (χ1v) is 10.5. The van der Waals surface area contributed by atoms with Gasteiger partial charge in [-0.3, -0.25) is 4.79 Å². The van der Waals surface area contributed by atoms with Crippen molar-refractivity contribution in [2.45, 2.75) is 6.54 Å². The van der Waals surface area contributed by atoms with E-state index in [1.165, 1.54) is 6.20 Å². The van der Waals surface area contributed by atoms with Crippen LogP contribution in [0.3, 0.4) is 0 Å². The summed E-state index contributed by atoms with van der Waals surface area (Å²) in [6.45, 7) is 0.468. The van der Waals surface area contributed by atoms with Crippen LogP contribution in [0.1, 0.15) is 26.4 Å². The van der Waals surface area contributed by atoms with Crippen molar-refractivity contribution < 1.29 is 19.8 Å². The van der Waals surface area contributed by atoms with E-state index in [2.05, 4.69) is 10.3 Å². The van der Waals surface area contributed by atoms with Gasteiger partial charge in [-0.05, 0) is 39.9 Å². The molecule has 7 nitrogen and oxygen atoms in total. The number of hydrogen-bond donors (Lipinski definition) is 3. The van der Waals surface area contributed by atoms with Crippen molar-refractivity contribution in [2.75, 3.05) is 13.2 Å².